The molecule has 0 amide bonds. The number of nitrogens with zero attached hydrogens (tertiary/aromatic N) is 1. The number of aryl methyl sites for hydroxylation is 1. The normalized spacial score (nSPS) is 12.8. The standard InChI is InChI=1S/C16H15BrN2S/c1-10-3-4-11-7-12(5-6-14(11)19-10)16(18-2)15-8-13(17)9-20-15/h3-9,16,18H,1-2H3. The lowest BCUT2D eigenvalue weighted by Crippen LogP contribution is -2.16. The Morgan fingerprint density at radius 2 is 2.05 bits per heavy atom. The maximum Gasteiger partial charge on any atom is 0.0705 e. The first kappa shape index (κ1) is 13.7. The first-order valence-corrected chi connectivity index (χ1v) is 8.13. The maximum atomic E-state index is 4.55. The van der Waals surface area contributed by atoms with E-state index in [2.05, 4.69) is 68.0 Å². The van der Waals surface area contributed by atoms with E-state index >= 15 is 0 Å². The zero-order valence-electron chi connectivity index (χ0n) is 11.4. The van der Waals surface area contributed by atoms with Gasteiger partial charge in [-0.15, -0.1) is 11.3 Å². The predicted molar refractivity (Wildman–Crippen MR) is 89.4 cm³/mol. The van der Waals surface area contributed by atoms with Crippen LogP contribution in [0.3, 0.4) is 0 Å². The molecule has 0 saturated heterocycles. The zero-order chi connectivity index (χ0) is 14.1. The molecule has 4 heteroatoms. The highest BCUT2D eigenvalue weighted by molar-refractivity contribution is 9.10. The summed E-state index contributed by atoms with van der Waals surface area (Å²) in [6.07, 6.45) is 0. The molecule has 0 aliphatic heterocycles. The summed E-state index contributed by atoms with van der Waals surface area (Å²) in [5, 5.41) is 6.69. The van der Waals surface area contributed by atoms with Gasteiger partial charge in [0.2, 0.25) is 0 Å². The summed E-state index contributed by atoms with van der Waals surface area (Å²) in [6.45, 7) is 2.02. The van der Waals surface area contributed by atoms with Gasteiger partial charge >= 0.3 is 0 Å². The number of thiophene rings is 1. The Kier molecular flexibility index (Phi) is 3.87. The molecule has 0 radical (unpaired) electrons. The van der Waals surface area contributed by atoms with Gasteiger partial charge in [-0.05, 0) is 59.7 Å². The minimum atomic E-state index is 0.219. The SMILES string of the molecule is CNC(c1ccc2nc(C)ccc2c1)c1cc(Br)cs1. The van der Waals surface area contributed by atoms with Crippen molar-refractivity contribution in [3.8, 4) is 0 Å². The van der Waals surface area contributed by atoms with Crippen molar-refractivity contribution < 1.29 is 0 Å². The van der Waals surface area contributed by atoms with E-state index in [0.717, 1.165) is 15.7 Å². The third-order valence-electron chi connectivity index (χ3n) is 3.35. The van der Waals surface area contributed by atoms with Crippen LogP contribution in [0.5, 0.6) is 0 Å². The van der Waals surface area contributed by atoms with Crippen molar-refractivity contribution in [2.45, 2.75) is 13.0 Å². The minimum absolute atomic E-state index is 0.219. The third-order valence-corrected chi connectivity index (χ3v) is 5.11. The molecule has 0 spiro atoms. The van der Waals surface area contributed by atoms with E-state index in [-0.39, 0.29) is 6.04 Å². The summed E-state index contributed by atoms with van der Waals surface area (Å²) >= 11 is 5.28. The smallest absolute Gasteiger partial charge is 0.0705 e. The van der Waals surface area contributed by atoms with Crippen molar-refractivity contribution in [3.63, 3.8) is 0 Å². The van der Waals surface area contributed by atoms with Gasteiger partial charge in [0.15, 0.2) is 0 Å². The van der Waals surface area contributed by atoms with Gasteiger partial charge in [0, 0.05) is 25.8 Å². The second-order valence-corrected chi connectivity index (χ2v) is 6.65. The van der Waals surface area contributed by atoms with Crippen LogP contribution < -0.4 is 5.32 Å². The summed E-state index contributed by atoms with van der Waals surface area (Å²) in [5.74, 6) is 0. The van der Waals surface area contributed by atoms with E-state index in [1.807, 2.05) is 14.0 Å². The molecule has 0 bridgehead atoms. The molecule has 1 aromatic carbocycles. The fraction of sp³-hybridized carbons (Fsp3) is 0.188. The van der Waals surface area contributed by atoms with E-state index in [1.54, 1.807) is 11.3 Å². The number of pyridine rings is 1. The van der Waals surface area contributed by atoms with E-state index in [9.17, 15) is 0 Å². The van der Waals surface area contributed by atoms with Gasteiger partial charge in [-0.25, -0.2) is 0 Å². The van der Waals surface area contributed by atoms with Gasteiger partial charge in [-0.3, -0.25) is 4.98 Å². The summed E-state index contributed by atoms with van der Waals surface area (Å²) in [6, 6.07) is 13.1. The van der Waals surface area contributed by atoms with Crippen molar-refractivity contribution in [1.29, 1.82) is 0 Å². The maximum absolute atomic E-state index is 4.55. The van der Waals surface area contributed by atoms with Crippen LogP contribution in [0.4, 0.5) is 0 Å². The number of hydrogen-bond donors (Lipinski definition) is 1. The Morgan fingerprint density at radius 3 is 2.75 bits per heavy atom. The highest BCUT2D eigenvalue weighted by Gasteiger charge is 2.14. The van der Waals surface area contributed by atoms with Crippen molar-refractivity contribution in [3.05, 3.63) is 62.4 Å². The Morgan fingerprint density at radius 1 is 1.20 bits per heavy atom. The molecule has 1 N–H and O–H groups in total. The lowest BCUT2D eigenvalue weighted by atomic mass is 10.0. The number of hydrogen-bond acceptors (Lipinski definition) is 3. The van der Waals surface area contributed by atoms with Crippen LogP contribution in [0.25, 0.3) is 10.9 Å². The molecule has 102 valence electrons. The molecule has 2 aromatic heterocycles. The number of aromatic nitrogens is 1. The molecule has 3 aromatic rings. The molecule has 2 nitrogen and oxygen atoms in total. The first-order chi connectivity index (χ1) is 9.67. The largest absolute Gasteiger partial charge is 0.309 e. The van der Waals surface area contributed by atoms with Crippen LogP contribution in [0.15, 0.2) is 46.3 Å². The van der Waals surface area contributed by atoms with Crippen LogP contribution >= 0.6 is 27.3 Å². The summed E-state index contributed by atoms with van der Waals surface area (Å²) in [5.41, 5.74) is 3.37. The fourth-order valence-corrected chi connectivity index (χ4v) is 3.96. The van der Waals surface area contributed by atoms with Gasteiger partial charge in [-0.2, -0.15) is 0 Å². The lowest BCUT2D eigenvalue weighted by Gasteiger charge is -2.15. The highest BCUT2D eigenvalue weighted by Crippen LogP contribution is 2.31. The molecule has 3 rings (SSSR count). The van der Waals surface area contributed by atoms with E-state index < -0.39 is 0 Å². The first-order valence-electron chi connectivity index (χ1n) is 6.46. The zero-order valence-corrected chi connectivity index (χ0v) is 13.8. The van der Waals surface area contributed by atoms with Gasteiger partial charge in [0.05, 0.1) is 11.6 Å². The third kappa shape index (κ3) is 2.64. The second-order valence-electron chi connectivity index (χ2n) is 4.79. The summed E-state index contributed by atoms with van der Waals surface area (Å²) in [4.78, 5) is 5.86. The highest BCUT2D eigenvalue weighted by atomic mass is 79.9. The van der Waals surface area contributed by atoms with Gasteiger partial charge in [0.25, 0.3) is 0 Å². The van der Waals surface area contributed by atoms with Crippen molar-refractivity contribution in [2.75, 3.05) is 7.05 Å². The fourth-order valence-electron chi connectivity index (χ4n) is 2.38. The molecule has 1 atom stereocenters. The molecule has 0 aliphatic rings. The van der Waals surface area contributed by atoms with Crippen LogP contribution in [0, 0.1) is 6.92 Å². The number of benzene rings is 1. The molecular weight excluding hydrogens is 332 g/mol. The molecule has 2 heterocycles. The average Bonchev–Trinajstić information content (AvgIpc) is 2.86. The average molecular weight is 347 g/mol. The van der Waals surface area contributed by atoms with E-state index in [1.165, 1.54) is 15.8 Å². The molecular formula is C16H15BrN2S. The number of nitrogens with one attached hydrogen (secondary N) is 1. The molecule has 20 heavy (non-hydrogen) atoms. The Labute approximate surface area is 131 Å². The van der Waals surface area contributed by atoms with Crippen molar-refractivity contribution in [1.82, 2.24) is 10.3 Å². The number of rotatable bonds is 3. The Hall–Kier alpha value is -1.23. The monoisotopic (exact) mass is 346 g/mol. The lowest BCUT2D eigenvalue weighted by molar-refractivity contribution is 0.704. The van der Waals surface area contributed by atoms with Gasteiger partial charge < -0.3 is 5.32 Å². The Bertz CT molecular complexity index is 751. The second kappa shape index (κ2) is 5.64. The van der Waals surface area contributed by atoms with Crippen LogP contribution in [0.2, 0.25) is 0 Å². The predicted octanol–water partition coefficient (Wildman–Crippen LogP) is 4.68. The minimum Gasteiger partial charge on any atom is -0.309 e. The molecule has 0 aliphatic carbocycles. The van der Waals surface area contributed by atoms with E-state index in [4.69, 9.17) is 0 Å². The molecule has 1 unspecified atom stereocenters. The van der Waals surface area contributed by atoms with Crippen LogP contribution in [-0.4, -0.2) is 12.0 Å². The van der Waals surface area contributed by atoms with Crippen LogP contribution in [0.1, 0.15) is 22.2 Å². The topological polar surface area (TPSA) is 24.9 Å². The quantitative estimate of drug-likeness (QED) is 0.744. The van der Waals surface area contributed by atoms with E-state index in [0.29, 0.717) is 0 Å². The van der Waals surface area contributed by atoms with Gasteiger partial charge in [0.1, 0.15) is 0 Å². The van der Waals surface area contributed by atoms with Crippen molar-refractivity contribution >= 4 is 38.2 Å². The number of fused-ring (bicyclic) bond motifs is 1. The number of halogens is 1. The van der Waals surface area contributed by atoms with Gasteiger partial charge in [-0.1, -0.05) is 12.1 Å². The Balaban J connectivity index is 2.05. The summed E-state index contributed by atoms with van der Waals surface area (Å²) < 4.78 is 1.14. The summed E-state index contributed by atoms with van der Waals surface area (Å²) in [7, 11) is 2.00. The molecule has 0 saturated carbocycles. The van der Waals surface area contributed by atoms with Crippen molar-refractivity contribution in [2.24, 2.45) is 0 Å². The molecule has 0 fully saturated rings. The van der Waals surface area contributed by atoms with Crippen LogP contribution in [-0.2, 0) is 0 Å².